The van der Waals surface area contributed by atoms with Crippen molar-refractivity contribution < 1.29 is 16.8 Å². The molecule has 0 fully saturated rings. The fourth-order valence-electron chi connectivity index (χ4n) is 3.68. The van der Waals surface area contributed by atoms with Gasteiger partial charge in [0.15, 0.2) is 11.0 Å². The van der Waals surface area contributed by atoms with Crippen LogP contribution in [0.4, 0.5) is 5.13 Å². The number of nitrogens with two attached hydrogens (primary N) is 2. The minimum absolute atomic E-state index is 0.0106. The number of aryl methyl sites for hydroxylation is 1. The molecule has 4 aromatic rings. The van der Waals surface area contributed by atoms with Crippen molar-refractivity contribution in [3.8, 4) is 22.5 Å². The normalized spacial score (nSPS) is 12.4. The monoisotopic (exact) mass is 537 g/mol. The molecular formula is C19H23N9O4S3. The molecular weight excluding hydrogens is 514 g/mol. The maximum absolute atomic E-state index is 13.2. The van der Waals surface area contributed by atoms with Gasteiger partial charge in [-0.15, -0.1) is 5.10 Å². The highest BCUT2D eigenvalue weighted by atomic mass is 32.2. The number of nitrogens with zero attached hydrogens (tertiary/aromatic N) is 5. The predicted molar refractivity (Wildman–Crippen MR) is 132 cm³/mol. The van der Waals surface area contributed by atoms with E-state index in [-0.39, 0.29) is 17.9 Å². The summed E-state index contributed by atoms with van der Waals surface area (Å²) in [7, 11) is -5.61. The Labute approximate surface area is 205 Å². The molecule has 0 atom stereocenters. The number of aromatic nitrogens is 5. The third-order valence-electron chi connectivity index (χ3n) is 5.16. The van der Waals surface area contributed by atoms with Crippen LogP contribution in [0.25, 0.3) is 32.7 Å². The second-order valence-corrected chi connectivity index (χ2v) is 11.8. The van der Waals surface area contributed by atoms with E-state index >= 15 is 0 Å². The topological polar surface area (TPSA) is 201 Å². The van der Waals surface area contributed by atoms with Crippen LogP contribution in [0.1, 0.15) is 6.42 Å². The number of thiazole rings is 1. The molecule has 0 aliphatic heterocycles. The number of hydrogen-bond acceptors (Lipinski definition) is 11. The molecule has 0 bridgehead atoms. The average Bonchev–Trinajstić information content (AvgIpc) is 3.39. The Hall–Kier alpha value is -3.02. The van der Waals surface area contributed by atoms with E-state index < -0.39 is 29.8 Å². The van der Waals surface area contributed by atoms with Gasteiger partial charge >= 0.3 is 0 Å². The SMILES string of the molecule is CNCCCNS(=O)(=O)c1ccc(-c2cccc3sc(N)nc23)c(-c2nnnn2C)c1S(N)(=O)=O. The number of rotatable bonds is 9. The smallest absolute Gasteiger partial charge is 0.241 e. The van der Waals surface area contributed by atoms with Crippen LogP contribution >= 0.6 is 11.3 Å². The first kappa shape index (κ1) is 25.1. The zero-order chi connectivity index (χ0) is 25.4. The van der Waals surface area contributed by atoms with Crippen molar-refractivity contribution in [3.63, 3.8) is 0 Å². The van der Waals surface area contributed by atoms with Gasteiger partial charge in [0, 0.05) is 19.2 Å². The highest BCUT2D eigenvalue weighted by Crippen LogP contribution is 2.42. The summed E-state index contributed by atoms with van der Waals surface area (Å²) in [6.45, 7) is 0.660. The Morgan fingerprint density at radius 3 is 2.51 bits per heavy atom. The molecule has 4 rings (SSSR count). The second kappa shape index (κ2) is 9.56. The molecule has 0 radical (unpaired) electrons. The van der Waals surface area contributed by atoms with Crippen LogP contribution in [-0.4, -0.2) is 62.2 Å². The van der Waals surface area contributed by atoms with Gasteiger partial charge in [-0.3, -0.25) is 0 Å². The van der Waals surface area contributed by atoms with Gasteiger partial charge in [-0.2, -0.15) is 0 Å². The third-order valence-corrected chi connectivity index (χ3v) is 8.64. The van der Waals surface area contributed by atoms with Crippen LogP contribution in [0, 0.1) is 0 Å². The van der Waals surface area contributed by atoms with Crippen LogP contribution in [0.2, 0.25) is 0 Å². The lowest BCUT2D eigenvalue weighted by Gasteiger charge is -2.17. The maximum Gasteiger partial charge on any atom is 0.241 e. The zero-order valence-electron chi connectivity index (χ0n) is 18.8. The van der Waals surface area contributed by atoms with Gasteiger partial charge in [-0.05, 0) is 48.1 Å². The fourth-order valence-corrected chi connectivity index (χ4v) is 7.11. The molecule has 2 heterocycles. The number of primary sulfonamides is 1. The molecule has 0 aliphatic rings. The van der Waals surface area contributed by atoms with Crippen LogP contribution in [0.15, 0.2) is 40.1 Å². The summed E-state index contributed by atoms with van der Waals surface area (Å²) in [4.78, 5) is 3.26. The maximum atomic E-state index is 13.2. The summed E-state index contributed by atoms with van der Waals surface area (Å²) in [5, 5.41) is 20.2. The molecule has 2 aromatic carbocycles. The average molecular weight is 538 g/mol. The first-order valence-corrected chi connectivity index (χ1v) is 14.1. The van der Waals surface area contributed by atoms with Gasteiger partial charge in [-0.1, -0.05) is 29.5 Å². The van der Waals surface area contributed by atoms with Gasteiger partial charge < -0.3 is 11.1 Å². The van der Waals surface area contributed by atoms with E-state index in [1.807, 2.05) is 6.07 Å². The molecule has 16 heteroatoms. The lowest BCUT2D eigenvalue weighted by molar-refractivity contribution is 0.570. The van der Waals surface area contributed by atoms with Crippen molar-refractivity contribution in [2.24, 2.45) is 12.2 Å². The molecule has 6 N–H and O–H groups in total. The largest absolute Gasteiger partial charge is 0.375 e. The van der Waals surface area contributed by atoms with E-state index in [1.54, 1.807) is 19.2 Å². The number of hydrogen-bond donors (Lipinski definition) is 4. The number of nitrogens with one attached hydrogen (secondary N) is 2. The Morgan fingerprint density at radius 2 is 1.86 bits per heavy atom. The Kier molecular flexibility index (Phi) is 6.85. The van der Waals surface area contributed by atoms with Crippen LogP contribution in [0.3, 0.4) is 0 Å². The van der Waals surface area contributed by atoms with Crippen molar-refractivity contribution in [2.45, 2.75) is 16.2 Å². The quantitative estimate of drug-likeness (QED) is 0.215. The number of nitrogen functional groups attached to an aromatic ring is 1. The molecule has 0 amide bonds. The Balaban J connectivity index is 2.06. The minimum atomic E-state index is -4.59. The van der Waals surface area contributed by atoms with Crippen LogP contribution in [-0.2, 0) is 27.1 Å². The first-order chi connectivity index (χ1) is 16.5. The summed E-state index contributed by atoms with van der Waals surface area (Å²) in [6, 6.07) is 8.01. The number of fused-ring (bicyclic) bond motifs is 1. The molecule has 0 spiro atoms. The van der Waals surface area contributed by atoms with E-state index in [1.165, 1.54) is 35.2 Å². The number of sulfonamides is 2. The fraction of sp³-hybridized carbons (Fsp3) is 0.263. The molecule has 0 saturated carbocycles. The molecule has 0 unspecified atom stereocenters. The van der Waals surface area contributed by atoms with Gasteiger partial charge in [-0.25, -0.2) is 36.4 Å². The van der Waals surface area contributed by atoms with Crippen LogP contribution in [0.5, 0.6) is 0 Å². The van der Waals surface area contributed by atoms with Crippen molar-refractivity contribution in [1.82, 2.24) is 35.2 Å². The number of benzene rings is 2. The summed E-state index contributed by atoms with van der Waals surface area (Å²) in [5.41, 5.74) is 7.22. The first-order valence-electron chi connectivity index (χ1n) is 10.3. The second-order valence-electron chi connectivity index (χ2n) is 7.55. The lowest BCUT2D eigenvalue weighted by Crippen LogP contribution is -2.29. The van der Waals surface area contributed by atoms with Crippen molar-refractivity contribution >= 4 is 46.7 Å². The van der Waals surface area contributed by atoms with Crippen molar-refractivity contribution in [1.29, 1.82) is 0 Å². The van der Waals surface area contributed by atoms with Crippen molar-refractivity contribution in [2.75, 3.05) is 25.9 Å². The molecule has 2 aromatic heterocycles. The summed E-state index contributed by atoms with van der Waals surface area (Å²) in [6.07, 6.45) is 0.492. The van der Waals surface area contributed by atoms with E-state index in [4.69, 9.17) is 10.9 Å². The van der Waals surface area contributed by atoms with E-state index in [9.17, 15) is 16.8 Å². The summed E-state index contributed by atoms with van der Waals surface area (Å²) in [5.74, 6) is 0.0106. The van der Waals surface area contributed by atoms with Gasteiger partial charge in [0.1, 0.15) is 9.79 Å². The highest BCUT2D eigenvalue weighted by molar-refractivity contribution is 7.92. The third kappa shape index (κ3) is 4.89. The predicted octanol–water partition coefficient (Wildman–Crippen LogP) is 0.271. The lowest BCUT2D eigenvalue weighted by atomic mass is 9.98. The van der Waals surface area contributed by atoms with Gasteiger partial charge in [0.05, 0.1) is 15.8 Å². The van der Waals surface area contributed by atoms with Crippen molar-refractivity contribution in [3.05, 3.63) is 30.3 Å². The zero-order valence-corrected chi connectivity index (χ0v) is 21.2. The van der Waals surface area contributed by atoms with Gasteiger partial charge in [0.2, 0.25) is 20.0 Å². The molecule has 0 aliphatic carbocycles. The van der Waals surface area contributed by atoms with Crippen LogP contribution < -0.4 is 20.9 Å². The van der Waals surface area contributed by atoms with E-state index in [0.29, 0.717) is 34.7 Å². The standard InChI is InChI=1S/C19H23N9O4S3/c1-22-9-4-10-23-35(31,32)14-8-7-11(12-5-3-6-13-16(12)24-19(20)33-13)15(17(14)34(21,29)30)18-25-26-27-28(18)2/h3,5-8,22-23H,4,9-10H2,1-2H3,(H2,20,24)(H2,21,29,30). The highest BCUT2D eigenvalue weighted by Gasteiger charge is 2.32. The number of para-hydroxylation sites is 1. The number of anilines is 1. The van der Waals surface area contributed by atoms with E-state index in [0.717, 1.165) is 4.70 Å². The Bertz CT molecular complexity index is 1610. The minimum Gasteiger partial charge on any atom is -0.375 e. The Morgan fingerprint density at radius 1 is 1.09 bits per heavy atom. The molecule has 0 saturated heterocycles. The van der Waals surface area contributed by atoms with Gasteiger partial charge in [0.25, 0.3) is 0 Å². The number of tetrazole rings is 1. The van der Waals surface area contributed by atoms with E-state index in [2.05, 4.69) is 30.5 Å². The summed E-state index contributed by atoms with van der Waals surface area (Å²) >= 11 is 1.26. The molecule has 13 nitrogen and oxygen atoms in total. The molecule has 35 heavy (non-hydrogen) atoms. The summed E-state index contributed by atoms with van der Waals surface area (Å²) < 4.78 is 56.7. The molecule has 186 valence electrons.